The number of carbonyl (C=O) groups excluding carboxylic acids is 1. The van der Waals surface area contributed by atoms with Gasteiger partial charge in [0.25, 0.3) is 0 Å². The van der Waals surface area contributed by atoms with Gasteiger partial charge >= 0.3 is 5.97 Å². The molecule has 2 aromatic carbocycles. The van der Waals surface area contributed by atoms with Gasteiger partial charge in [0.15, 0.2) is 0 Å². The summed E-state index contributed by atoms with van der Waals surface area (Å²) < 4.78 is 5.38. The molecule has 0 aliphatic rings. The van der Waals surface area contributed by atoms with Gasteiger partial charge in [-0.1, -0.05) is 47.5 Å². The van der Waals surface area contributed by atoms with Crippen LogP contribution in [0, 0.1) is 6.92 Å². The summed E-state index contributed by atoms with van der Waals surface area (Å²) in [6.07, 6.45) is 4.36. The summed E-state index contributed by atoms with van der Waals surface area (Å²) in [6, 6.07) is 14.1. The smallest absolute Gasteiger partial charge is 0.306 e. The molecule has 6 heteroatoms. The minimum atomic E-state index is -0.491. The molecule has 0 unspecified atom stereocenters. The fraction of sp³-hybridized carbons (Fsp3) is 0.320. The van der Waals surface area contributed by atoms with Gasteiger partial charge in [-0.05, 0) is 62.9 Å². The summed E-state index contributed by atoms with van der Waals surface area (Å²) in [5.41, 5.74) is 4.65. The van der Waals surface area contributed by atoms with Crippen LogP contribution in [0.15, 0.2) is 54.9 Å². The van der Waals surface area contributed by atoms with E-state index in [1.807, 2.05) is 45.0 Å². The van der Waals surface area contributed by atoms with Gasteiger partial charge in [0.1, 0.15) is 5.60 Å². The van der Waals surface area contributed by atoms with E-state index in [-0.39, 0.29) is 12.4 Å². The zero-order chi connectivity index (χ0) is 22.4. The number of nitrogens with zero attached hydrogens (tertiary/aromatic N) is 2. The largest absolute Gasteiger partial charge is 0.460 e. The van der Waals surface area contributed by atoms with E-state index in [0.717, 1.165) is 16.7 Å². The van der Waals surface area contributed by atoms with Gasteiger partial charge in [0, 0.05) is 35.9 Å². The Labute approximate surface area is 188 Å². The van der Waals surface area contributed by atoms with Crippen molar-refractivity contribution in [1.82, 2.24) is 9.97 Å². The second kappa shape index (κ2) is 9.92. The van der Waals surface area contributed by atoms with Crippen molar-refractivity contribution in [3.63, 3.8) is 0 Å². The highest BCUT2D eigenvalue weighted by atomic mass is 35.5. The standard InChI is InChI=1S/C25H28ClN3O2/c1-17-6-5-7-18(12-17)14-27-24-28-15-21(16-29-24)19-8-10-22(26)20(13-19)9-11-23(30)31-25(2,3)4/h5-8,10,12-13,15-16H,9,11,14H2,1-4H3,(H,27,28,29). The molecule has 1 N–H and O–H groups in total. The van der Waals surface area contributed by atoms with Crippen molar-refractivity contribution in [2.75, 3.05) is 5.32 Å². The fourth-order valence-corrected chi connectivity index (χ4v) is 3.36. The van der Waals surface area contributed by atoms with Gasteiger partial charge in [-0.3, -0.25) is 4.79 Å². The van der Waals surface area contributed by atoms with Gasteiger partial charge < -0.3 is 10.1 Å². The third kappa shape index (κ3) is 7.07. The molecule has 1 heterocycles. The lowest BCUT2D eigenvalue weighted by atomic mass is 10.0. The van der Waals surface area contributed by atoms with Crippen LogP contribution in [-0.4, -0.2) is 21.5 Å². The second-order valence-electron chi connectivity index (χ2n) is 8.53. The highest BCUT2D eigenvalue weighted by molar-refractivity contribution is 6.31. The van der Waals surface area contributed by atoms with Gasteiger partial charge in [-0.15, -0.1) is 0 Å². The first-order valence-corrected chi connectivity index (χ1v) is 10.7. The number of rotatable bonds is 7. The molecule has 0 saturated carbocycles. The second-order valence-corrected chi connectivity index (χ2v) is 8.94. The quantitative estimate of drug-likeness (QED) is 0.460. The molecule has 0 aliphatic heterocycles. The Morgan fingerprint density at radius 1 is 1.06 bits per heavy atom. The summed E-state index contributed by atoms with van der Waals surface area (Å²) in [6.45, 7) is 8.31. The molecule has 0 bridgehead atoms. The number of hydrogen-bond acceptors (Lipinski definition) is 5. The van der Waals surface area contributed by atoms with Crippen LogP contribution in [0.25, 0.3) is 11.1 Å². The maximum absolute atomic E-state index is 12.0. The van der Waals surface area contributed by atoms with Gasteiger partial charge in [0.05, 0.1) is 0 Å². The van der Waals surface area contributed by atoms with Crippen LogP contribution in [0.1, 0.15) is 43.9 Å². The van der Waals surface area contributed by atoms with Crippen molar-refractivity contribution in [2.45, 2.75) is 52.7 Å². The number of hydrogen-bond donors (Lipinski definition) is 1. The van der Waals surface area contributed by atoms with Gasteiger partial charge in [-0.25, -0.2) is 9.97 Å². The number of benzene rings is 2. The highest BCUT2D eigenvalue weighted by Gasteiger charge is 2.16. The Morgan fingerprint density at radius 3 is 2.48 bits per heavy atom. The Bertz CT molecular complexity index is 1040. The van der Waals surface area contributed by atoms with E-state index in [9.17, 15) is 4.79 Å². The van der Waals surface area contributed by atoms with E-state index in [4.69, 9.17) is 16.3 Å². The normalized spacial score (nSPS) is 11.3. The van der Waals surface area contributed by atoms with E-state index in [0.29, 0.717) is 23.9 Å². The molecule has 0 spiro atoms. The molecule has 0 saturated heterocycles. The monoisotopic (exact) mass is 437 g/mol. The van der Waals surface area contributed by atoms with Crippen LogP contribution in [0.4, 0.5) is 5.95 Å². The van der Waals surface area contributed by atoms with Crippen LogP contribution < -0.4 is 5.32 Å². The van der Waals surface area contributed by atoms with Crippen molar-refractivity contribution >= 4 is 23.5 Å². The van der Waals surface area contributed by atoms with Crippen LogP contribution >= 0.6 is 11.6 Å². The summed E-state index contributed by atoms with van der Waals surface area (Å²) in [5.74, 6) is 0.339. The SMILES string of the molecule is Cc1cccc(CNc2ncc(-c3ccc(Cl)c(CCC(=O)OC(C)(C)C)c3)cn2)c1. The van der Waals surface area contributed by atoms with Crippen molar-refractivity contribution in [2.24, 2.45) is 0 Å². The summed E-state index contributed by atoms with van der Waals surface area (Å²) in [7, 11) is 0. The van der Waals surface area contributed by atoms with Crippen molar-refractivity contribution < 1.29 is 9.53 Å². The number of anilines is 1. The fourth-order valence-electron chi connectivity index (χ4n) is 3.15. The lowest BCUT2D eigenvalue weighted by Gasteiger charge is -2.19. The molecule has 0 amide bonds. The van der Waals surface area contributed by atoms with Crippen molar-refractivity contribution in [3.8, 4) is 11.1 Å². The number of aromatic nitrogens is 2. The number of halogens is 1. The first-order valence-electron chi connectivity index (χ1n) is 10.3. The molecule has 0 atom stereocenters. The van der Waals surface area contributed by atoms with E-state index in [1.54, 1.807) is 12.4 Å². The molecule has 3 aromatic rings. The third-order valence-electron chi connectivity index (χ3n) is 4.58. The van der Waals surface area contributed by atoms with E-state index < -0.39 is 5.60 Å². The molecule has 0 fully saturated rings. The Kier molecular flexibility index (Phi) is 7.29. The zero-order valence-electron chi connectivity index (χ0n) is 18.4. The molecular weight excluding hydrogens is 410 g/mol. The molecular formula is C25H28ClN3O2. The topological polar surface area (TPSA) is 64.1 Å². The maximum atomic E-state index is 12.0. The number of aryl methyl sites for hydroxylation is 2. The number of carbonyl (C=O) groups is 1. The summed E-state index contributed by atoms with van der Waals surface area (Å²) in [5, 5.41) is 3.87. The lowest BCUT2D eigenvalue weighted by molar-refractivity contribution is -0.154. The molecule has 31 heavy (non-hydrogen) atoms. The Balaban J connectivity index is 1.64. The van der Waals surface area contributed by atoms with E-state index >= 15 is 0 Å². The predicted molar refractivity (Wildman–Crippen MR) is 125 cm³/mol. The third-order valence-corrected chi connectivity index (χ3v) is 4.95. The van der Waals surface area contributed by atoms with Crippen LogP contribution in [0.3, 0.4) is 0 Å². The maximum Gasteiger partial charge on any atom is 0.306 e. The average molecular weight is 438 g/mol. The number of esters is 1. The van der Waals surface area contributed by atoms with Crippen LogP contribution in [0.2, 0.25) is 5.02 Å². The Hall–Kier alpha value is -2.92. The zero-order valence-corrected chi connectivity index (χ0v) is 19.2. The first-order chi connectivity index (χ1) is 14.7. The summed E-state index contributed by atoms with van der Waals surface area (Å²) >= 11 is 6.34. The average Bonchev–Trinajstić information content (AvgIpc) is 2.71. The highest BCUT2D eigenvalue weighted by Crippen LogP contribution is 2.26. The van der Waals surface area contributed by atoms with Crippen LogP contribution in [0.5, 0.6) is 0 Å². The first kappa shape index (κ1) is 22.8. The molecule has 0 aliphatic carbocycles. The lowest BCUT2D eigenvalue weighted by Crippen LogP contribution is -2.24. The van der Waals surface area contributed by atoms with E-state index in [2.05, 4.69) is 40.4 Å². The molecule has 5 nitrogen and oxygen atoms in total. The minimum absolute atomic E-state index is 0.235. The minimum Gasteiger partial charge on any atom is -0.460 e. The van der Waals surface area contributed by atoms with Gasteiger partial charge in [-0.2, -0.15) is 0 Å². The van der Waals surface area contributed by atoms with Crippen molar-refractivity contribution in [3.05, 3.63) is 76.6 Å². The molecule has 3 rings (SSSR count). The van der Waals surface area contributed by atoms with E-state index in [1.165, 1.54) is 11.1 Å². The Morgan fingerprint density at radius 2 is 1.81 bits per heavy atom. The molecule has 0 radical (unpaired) electrons. The summed E-state index contributed by atoms with van der Waals surface area (Å²) in [4.78, 5) is 20.9. The number of nitrogens with one attached hydrogen (secondary N) is 1. The predicted octanol–water partition coefficient (Wildman–Crippen LogP) is 5.99. The molecule has 162 valence electrons. The van der Waals surface area contributed by atoms with Gasteiger partial charge in [0.2, 0.25) is 5.95 Å². The van der Waals surface area contributed by atoms with Crippen LogP contribution in [-0.2, 0) is 22.5 Å². The van der Waals surface area contributed by atoms with Crippen molar-refractivity contribution in [1.29, 1.82) is 0 Å². The molecule has 1 aromatic heterocycles. The number of ether oxygens (including phenoxy) is 1.